The van der Waals surface area contributed by atoms with E-state index < -0.39 is 5.97 Å². The first kappa shape index (κ1) is 12.8. The molecule has 0 fully saturated rings. The average molecular weight is 251 g/mol. The Morgan fingerprint density at radius 3 is 2.63 bits per heavy atom. The highest BCUT2D eigenvalue weighted by Gasteiger charge is 2.10. The summed E-state index contributed by atoms with van der Waals surface area (Å²) in [6.07, 6.45) is 0. The molecule has 0 amide bonds. The van der Waals surface area contributed by atoms with Crippen LogP contribution < -0.4 is 4.74 Å². The number of rotatable bonds is 2. The molecule has 0 atom stereocenters. The Labute approximate surface area is 112 Å². The normalized spacial score (nSPS) is 9.74. The molecule has 19 heavy (non-hydrogen) atoms. The summed E-state index contributed by atoms with van der Waals surface area (Å²) in [7, 11) is 0. The van der Waals surface area contributed by atoms with Crippen molar-refractivity contribution in [3.8, 4) is 11.8 Å². The number of esters is 1. The fourth-order valence-electron chi connectivity index (χ4n) is 1.79. The van der Waals surface area contributed by atoms with Crippen LogP contribution in [0.2, 0.25) is 0 Å². The molecule has 0 N–H and O–H groups in total. The van der Waals surface area contributed by atoms with Gasteiger partial charge in [0.1, 0.15) is 5.75 Å². The van der Waals surface area contributed by atoms with E-state index in [4.69, 9.17) is 10.00 Å². The van der Waals surface area contributed by atoms with Gasteiger partial charge in [0.25, 0.3) is 0 Å². The lowest BCUT2D eigenvalue weighted by Crippen LogP contribution is -2.09. The molecule has 0 aliphatic heterocycles. The third-order valence-electron chi connectivity index (χ3n) is 2.76. The number of nitriles is 1. The van der Waals surface area contributed by atoms with Crippen LogP contribution in [0.4, 0.5) is 0 Å². The van der Waals surface area contributed by atoms with Crippen molar-refractivity contribution >= 4 is 5.97 Å². The van der Waals surface area contributed by atoms with E-state index in [2.05, 4.69) is 0 Å². The topological polar surface area (TPSA) is 50.1 Å². The molecule has 3 nitrogen and oxygen atoms in total. The number of ether oxygens (including phenoxy) is 1. The van der Waals surface area contributed by atoms with Crippen LogP contribution in [0.25, 0.3) is 0 Å². The molecule has 0 aliphatic carbocycles. The number of carbonyl (C=O) groups is 1. The van der Waals surface area contributed by atoms with E-state index in [1.54, 1.807) is 24.3 Å². The zero-order chi connectivity index (χ0) is 13.8. The van der Waals surface area contributed by atoms with Gasteiger partial charge >= 0.3 is 5.97 Å². The molecule has 0 aliphatic rings. The predicted molar refractivity (Wildman–Crippen MR) is 72.0 cm³/mol. The van der Waals surface area contributed by atoms with Crippen molar-refractivity contribution in [2.75, 3.05) is 0 Å². The highest BCUT2D eigenvalue weighted by atomic mass is 16.5. The molecule has 94 valence electrons. The summed E-state index contributed by atoms with van der Waals surface area (Å²) >= 11 is 0. The number of carbonyl (C=O) groups excluding carboxylic acids is 1. The lowest BCUT2D eigenvalue weighted by atomic mass is 10.1. The van der Waals surface area contributed by atoms with Crippen molar-refractivity contribution < 1.29 is 9.53 Å². The van der Waals surface area contributed by atoms with Gasteiger partial charge in [0.15, 0.2) is 0 Å². The molecular formula is C16H13NO2. The van der Waals surface area contributed by atoms with Crippen LogP contribution in [0.5, 0.6) is 5.75 Å². The van der Waals surface area contributed by atoms with Crippen molar-refractivity contribution in [2.24, 2.45) is 0 Å². The van der Waals surface area contributed by atoms with Crippen LogP contribution in [0.1, 0.15) is 27.0 Å². The predicted octanol–water partition coefficient (Wildman–Crippen LogP) is 3.39. The van der Waals surface area contributed by atoms with Crippen LogP contribution in [-0.2, 0) is 0 Å². The molecule has 2 rings (SSSR count). The van der Waals surface area contributed by atoms with Gasteiger partial charge in [-0.25, -0.2) is 4.79 Å². The van der Waals surface area contributed by atoms with Crippen molar-refractivity contribution in [3.05, 3.63) is 64.7 Å². The van der Waals surface area contributed by atoms with E-state index >= 15 is 0 Å². The fraction of sp³-hybridized carbons (Fsp3) is 0.125. The Morgan fingerprint density at radius 1 is 1.16 bits per heavy atom. The first-order valence-corrected chi connectivity index (χ1v) is 5.90. The van der Waals surface area contributed by atoms with Gasteiger partial charge in [-0.05, 0) is 43.7 Å². The minimum Gasteiger partial charge on any atom is -0.423 e. The molecule has 0 radical (unpaired) electrons. The number of hydrogen-bond donors (Lipinski definition) is 0. The fourth-order valence-corrected chi connectivity index (χ4v) is 1.79. The zero-order valence-corrected chi connectivity index (χ0v) is 10.8. The van der Waals surface area contributed by atoms with Gasteiger partial charge in [0.05, 0.1) is 17.2 Å². The molecule has 0 spiro atoms. The Balaban J connectivity index is 2.23. The van der Waals surface area contributed by atoms with Crippen molar-refractivity contribution in [3.63, 3.8) is 0 Å². The Bertz CT molecular complexity index is 669. The van der Waals surface area contributed by atoms with Crippen LogP contribution in [0.3, 0.4) is 0 Å². The van der Waals surface area contributed by atoms with Crippen LogP contribution in [0, 0.1) is 25.2 Å². The van der Waals surface area contributed by atoms with E-state index in [1.165, 1.54) is 6.07 Å². The lowest BCUT2D eigenvalue weighted by molar-refractivity contribution is 0.0733. The molecule has 0 heterocycles. The Hall–Kier alpha value is -2.60. The summed E-state index contributed by atoms with van der Waals surface area (Å²) in [5.74, 6) is 0.0852. The third-order valence-corrected chi connectivity index (χ3v) is 2.76. The number of nitrogens with zero attached hydrogens (tertiary/aromatic N) is 1. The van der Waals surface area contributed by atoms with Gasteiger partial charge < -0.3 is 4.74 Å². The molecule has 0 aromatic heterocycles. The minimum absolute atomic E-state index is 0.374. The first-order chi connectivity index (χ1) is 9.10. The van der Waals surface area contributed by atoms with E-state index in [-0.39, 0.29) is 0 Å². The van der Waals surface area contributed by atoms with Gasteiger partial charge in [-0.3, -0.25) is 0 Å². The second-order valence-corrected chi connectivity index (χ2v) is 4.35. The summed E-state index contributed by atoms with van der Waals surface area (Å²) in [5, 5.41) is 8.81. The molecular weight excluding hydrogens is 238 g/mol. The summed E-state index contributed by atoms with van der Waals surface area (Å²) in [6.45, 7) is 3.87. The quantitative estimate of drug-likeness (QED) is 0.607. The average Bonchev–Trinajstić information content (AvgIpc) is 2.42. The zero-order valence-electron chi connectivity index (χ0n) is 10.8. The second-order valence-electron chi connectivity index (χ2n) is 4.35. The monoisotopic (exact) mass is 251 g/mol. The van der Waals surface area contributed by atoms with Gasteiger partial charge in [0.2, 0.25) is 0 Å². The highest BCUT2D eigenvalue weighted by molar-refractivity contribution is 5.91. The van der Waals surface area contributed by atoms with Crippen molar-refractivity contribution in [2.45, 2.75) is 13.8 Å². The number of benzene rings is 2. The maximum Gasteiger partial charge on any atom is 0.343 e. The summed E-state index contributed by atoms with van der Waals surface area (Å²) in [5.41, 5.74) is 2.84. The lowest BCUT2D eigenvalue weighted by Gasteiger charge is -2.08. The Morgan fingerprint density at radius 2 is 1.95 bits per heavy atom. The molecule has 2 aromatic carbocycles. The molecule has 0 saturated carbocycles. The van der Waals surface area contributed by atoms with E-state index in [0.29, 0.717) is 16.9 Å². The first-order valence-electron chi connectivity index (χ1n) is 5.90. The number of aryl methyl sites for hydroxylation is 2. The maximum absolute atomic E-state index is 12.0. The summed E-state index contributed by atoms with van der Waals surface area (Å²) in [4.78, 5) is 12.0. The van der Waals surface area contributed by atoms with Crippen molar-refractivity contribution in [1.82, 2.24) is 0 Å². The standard InChI is InChI=1S/C16H13NO2/c1-11-6-7-15(12(2)8-11)19-16(18)14-5-3-4-13(9-14)10-17/h3-9H,1-2H3. The van der Waals surface area contributed by atoms with Crippen LogP contribution in [0.15, 0.2) is 42.5 Å². The second kappa shape index (κ2) is 5.36. The number of hydrogen-bond acceptors (Lipinski definition) is 3. The summed E-state index contributed by atoms with van der Waals surface area (Å²) < 4.78 is 5.34. The molecule has 3 heteroatoms. The smallest absolute Gasteiger partial charge is 0.343 e. The third kappa shape index (κ3) is 2.99. The van der Waals surface area contributed by atoms with Gasteiger partial charge in [0, 0.05) is 0 Å². The highest BCUT2D eigenvalue weighted by Crippen LogP contribution is 2.20. The van der Waals surface area contributed by atoms with Gasteiger partial charge in [-0.15, -0.1) is 0 Å². The van der Waals surface area contributed by atoms with Gasteiger partial charge in [-0.2, -0.15) is 5.26 Å². The van der Waals surface area contributed by atoms with Gasteiger partial charge in [-0.1, -0.05) is 23.8 Å². The summed E-state index contributed by atoms with van der Waals surface area (Å²) in [6, 6.07) is 14.1. The van der Waals surface area contributed by atoms with Crippen molar-refractivity contribution in [1.29, 1.82) is 5.26 Å². The van der Waals surface area contributed by atoms with E-state index in [0.717, 1.165) is 11.1 Å². The molecule has 0 unspecified atom stereocenters. The van der Waals surface area contributed by atoms with E-state index in [9.17, 15) is 4.79 Å². The van der Waals surface area contributed by atoms with E-state index in [1.807, 2.05) is 32.0 Å². The maximum atomic E-state index is 12.0. The minimum atomic E-state index is -0.455. The molecule has 2 aromatic rings. The SMILES string of the molecule is Cc1ccc(OC(=O)c2cccc(C#N)c2)c(C)c1. The molecule has 0 saturated heterocycles. The molecule has 0 bridgehead atoms. The van der Waals surface area contributed by atoms with Crippen LogP contribution in [-0.4, -0.2) is 5.97 Å². The largest absolute Gasteiger partial charge is 0.423 e. The Kier molecular flexibility index (Phi) is 3.63. The van der Waals surface area contributed by atoms with Crippen LogP contribution >= 0.6 is 0 Å².